The van der Waals surface area contributed by atoms with Crippen LogP contribution >= 0.6 is 0 Å². The van der Waals surface area contributed by atoms with Gasteiger partial charge in [0.15, 0.2) is 0 Å². The third-order valence-corrected chi connectivity index (χ3v) is 3.79. The van der Waals surface area contributed by atoms with Crippen LogP contribution in [0.2, 0.25) is 0 Å². The van der Waals surface area contributed by atoms with E-state index in [9.17, 15) is 0 Å². The molecule has 1 saturated carbocycles. The molecule has 0 saturated heterocycles. The first kappa shape index (κ1) is 11.5. The molecule has 0 aliphatic heterocycles. The van der Waals surface area contributed by atoms with Crippen molar-refractivity contribution in [3.8, 4) is 5.75 Å². The molecular weight excluding hydrogens is 196 g/mol. The van der Waals surface area contributed by atoms with Crippen molar-refractivity contribution in [2.75, 3.05) is 7.11 Å². The summed E-state index contributed by atoms with van der Waals surface area (Å²) in [5.74, 6) is 2.83. The number of hydrogen-bond acceptors (Lipinski definition) is 1. The molecule has 16 heavy (non-hydrogen) atoms. The zero-order valence-corrected chi connectivity index (χ0v) is 10.4. The van der Waals surface area contributed by atoms with Gasteiger partial charge in [0.1, 0.15) is 5.75 Å². The summed E-state index contributed by atoms with van der Waals surface area (Å²) in [5.41, 5.74) is 1.43. The van der Waals surface area contributed by atoms with E-state index < -0.39 is 0 Å². The second-order valence-corrected chi connectivity index (χ2v) is 5.18. The zero-order chi connectivity index (χ0) is 11.4. The van der Waals surface area contributed by atoms with Gasteiger partial charge in [0.05, 0.1) is 7.11 Å². The third-order valence-electron chi connectivity index (χ3n) is 3.79. The first-order valence-corrected chi connectivity index (χ1v) is 6.41. The Balaban J connectivity index is 1.93. The minimum Gasteiger partial charge on any atom is -0.497 e. The summed E-state index contributed by atoms with van der Waals surface area (Å²) in [7, 11) is 1.74. The van der Waals surface area contributed by atoms with Crippen LogP contribution in [-0.2, 0) is 6.42 Å². The van der Waals surface area contributed by atoms with E-state index in [0.29, 0.717) is 0 Å². The molecule has 88 valence electrons. The molecule has 1 nitrogen and oxygen atoms in total. The molecule has 1 fully saturated rings. The predicted molar refractivity (Wildman–Crippen MR) is 67.8 cm³/mol. The van der Waals surface area contributed by atoms with E-state index in [2.05, 4.69) is 25.1 Å². The van der Waals surface area contributed by atoms with Crippen molar-refractivity contribution in [2.45, 2.75) is 39.0 Å². The van der Waals surface area contributed by atoms with E-state index in [0.717, 1.165) is 17.6 Å². The van der Waals surface area contributed by atoms with Crippen LogP contribution in [0.4, 0.5) is 0 Å². The van der Waals surface area contributed by atoms with E-state index in [4.69, 9.17) is 4.74 Å². The van der Waals surface area contributed by atoms with Gasteiger partial charge in [0.25, 0.3) is 0 Å². The van der Waals surface area contributed by atoms with Gasteiger partial charge in [-0.15, -0.1) is 0 Å². The van der Waals surface area contributed by atoms with Gasteiger partial charge in [0.2, 0.25) is 0 Å². The van der Waals surface area contributed by atoms with Gasteiger partial charge in [-0.3, -0.25) is 0 Å². The third kappa shape index (κ3) is 3.01. The lowest BCUT2D eigenvalue weighted by atomic mass is 9.80. The van der Waals surface area contributed by atoms with Crippen molar-refractivity contribution in [3.63, 3.8) is 0 Å². The smallest absolute Gasteiger partial charge is 0.119 e. The van der Waals surface area contributed by atoms with Gasteiger partial charge >= 0.3 is 0 Å². The Labute approximate surface area is 98.8 Å². The maximum atomic E-state index is 5.26. The van der Waals surface area contributed by atoms with Crippen LogP contribution in [0.15, 0.2) is 24.3 Å². The van der Waals surface area contributed by atoms with Crippen LogP contribution in [0.3, 0.4) is 0 Å². The molecule has 0 aromatic heterocycles. The molecule has 0 radical (unpaired) electrons. The van der Waals surface area contributed by atoms with Crippen molar-refractivity contribution in [1.82, 2.24) is 0 Å². The minimum atomic E-state index is 0.892. The summed E-state index contributed by atoms with van der Waals surface area (Å²) in [5, 5.41) is 0. The summed E-state index contributed by atoms with van der Waals surface area (Å²) in [4.78, 5) is 0. The molecule has 0 spiro atoms. The Morgan fingerprint density at radius 1 is 1.19 bits per heavy atom. The molecule has 0 unspecified atom stereocenters. The maximum absolute atomic E-state index is 5.26. The van der Waals surface area contributed by atoms with Crippen LogP contribution in [-0.4, -0.2) is 7.11 Å². The lowest BCUT2D eigenvalue weighted by Gasteiger charge is -2.26. The Morgan fingerprint density at radius 3 is 2.62 bits per heavy atom. The van der Waals surface area contributed by atoms with E-state index >= 15 is 0 Å². The number of methoxy groups -OCH3 is 1. The van der Waals surface area contributed by atoms with E-state index in [1.807, 2.05) is 6.07 Å². The molecular formula is C15H22O. The van der Waals surface area contributed by atoms with Gasteiger partial charge in [-0.2, -0.15) is 0 Å². The molecule has 1 heteroatoms. The highest BCUT2D eigenvalue weighted by atomic mass is 16.5. The lowest BCUT2D eigenvalue weighted by molar-refractivity contribution is 0.288. The number of ether oxygens (including phenoxy) is 1. The molecule has 1 aromatic carbocycles. The van der Waals surface area contributed by atoms with Crippen LogP contribution in [0.25, 0.3) is 0 Å². The summed E-state index contributed by atoms with van der Waals surface area (Å²) >= 11 is 0. The Bertz CT molecular complexity index is 324. The molecule has 0 amide bonds. The Kier molecular flexibility index (Phi) is 3.87. The van der Waals surface area contributed by atoms with Gasteiger partial charge < -0.3 is 4.74 Å². The highest BCUT2D eigenvalue weighted by Gasteiger charge is 2.18. The van der Waals surface area contributed by atoms with Crippen LogP contribution in [0.1, 0.15) is 38.2 Å². The van der Waals surface area contributed by atoms with Gasteiger partial charge in [-0.25, -0.2) is 0 Å². The summed E-state index contributed by atoms with van der Waals surface area (Å²) in [6.07, 6.45) is 6.85. The Hall–Kier alpha value is -0.980. The van der Waals surface area contributed by atoms with Crippen molar-refractivity contribution >= 4 is 0 Å². The largest absolute Gasteiger partial charge is 0.497 e. The summed E-state index contributed by atoms with van der Waals surface area (Å²) in [6, 6.07) is 8.52. The zero-order valence-electron chi connectivity index (χ0n) is 10.4. The van der Waals surface area contributed by atoms with Gasteiger partial charge in [0, 0.05) is 0 Å². The second-order valence-electron chi connectivity index (χ2n) is 5.18. The highest BCUT2D eigenvalue weighted by molar-refractivity contribution is 5.28. The summed E-state index contributed by atoms with van der Waals surface area (Å²) < 4.78 is 5.26. The average Bonchev–Trinajstić information content (AvgIpc) is 2.32. The molecule has 0 N–H and O–H groups in total. The highest BCUT2D eigenvalue weighted by Crippen LogP contribution is 2.31. The predicted octanol–water partition coefficient (Wildman–Crippen LogP) is 4.06. The molecule has 0 atom stereocenters. The van der Waals surface area contributed by atoms with Crippen molar-refractivity contribution in [3.05, 3.63) is 29.8 Å². The van der Waals surface area contributed by atoms with Crippen LogP contribution < -0.4 is 4.74 Å². The number of benzene rings is 1. The number of hydrogen-bond donors (Lipinski definition) is 0. The molecule has 0 heterocycles. The van der Waals surface area contributed by atoms with Gasteiger partial charge in [-0.1, -0.05) is 31.9 Å². The fourth-order valence-corrected chi connectivity index (χ4v) is 2.67. The normalized spacial score (nSPS) is 25.4. The first-order valence-electron chi connectivity index (χ1n) is 6.41. The monoisotopic (exact) mass is 218 g/mol. The first-order chi connectivity index (χ1) is 7.78. The Morgan fingerprint density at radius 2 is 1.94 bits per heavy atom. The molecule has 2 rings (SSSR count). The van der Waals surface area contributed by atoms with Crippen molar-refractivity contribution in [1.29, 1.82) is 0 Å². The maximum Gasteiger partial charge on any atom is 0.119 e. The fourth-order valence-electron chi connectivity index (χ4n) is 2.67. The van der Waals surface area contributed by atoms with Crippen LogP contribution in [0, 0.1) is 11.8 Å². The molecule has 0 bridgehead atoms. The minimum absolute atomic E-state index is 0.892. The second kappa shape index (κ2) is 5.38. The van der Waals surface area contributed by atoms with Gasteiger partial charge in [-0.05, 0) is 48.8 Å². The van der Waals surface area contributed by atoms with E-state index in [-0.39, 0.29) is 0 Å². The quantitative estimate of drug-likeness (QED) is 0.743. The topological polar surface area (TPSA) is 9.23 Å². The lowest BCUT2D eigenvalue weighted by Crippen LogP contribution is -2.14. The molecule has 1 aliphatic rings. The van der Waals surface area contributed by atoms with Crippen molar-refractivity contribution < 1.29 is 4.74 Å². The SMILES string of the molecule is COc1cccc(CC2CCC(C)CC2)c1. The van der Waals surface area contributed by atoms with Crippen molar-refractivity contribution in [2.24, 2.45) is 11.8 Å². The summed E-state index contributed by atoms with van der Waals surface area (Å²) in [6.45, 7) is 2.38. The average molecular weight is 218 g/mol. The molecule has 1 aromatic rings. The van der Waals surface area contributed by atoms with E-state index in [1.165, 1.54) is 37.7 Å². The van der Waals surface area contributed by atoms with Crippen LogP contribution in [0.5, 0.6) is 5.75 Å². The number of rotatable bonds is 3. The van der Waals surface area contributed by atoms with E-state index in [1.54, 1.807) is 7.11 Å². The molecule has 1 aliphatic carbocycles. The standard InChI is InChI=1S/C15H22O/c1-12-6-8-13(9-7-12)10-14-4-3-5-15(11-14)16-2/h3-5,11-13H,6-10H2,1-2H3. The fraction of sp³-hybridized carbons (Fsp3) is 0.600.